The molecule has 2 rings (SSSR count). The molecule has 1 unspecified atom stereocenters. The first-order valence-corrected chi connectivity index (χ1v) is 6.08. The molecule has 0 amide bonds. The van der Waals surface area contributed by atoms with Gasteiger partial charge < -0.3 is 5.73 Å². The maximum atomic E-state index is 13.0. The summed E-state index contributed by atoms with van der Waals surface area (Å²) in [6.45, 7) is 1.94. The zero-order valence-corrected chi connectivity index (χ0v) is 10.3. The van der Waals surface area contributed by atoms with E-state index in [0.717, 1.165) is 15.3 Å². The lowest BCUT2D eigenvalue weighted by molar-refractivity contribution is 0.628. The molecular formula is C12H11ClFNS. The molecule has 1 atom stereocenters. The van der Waals surface area contributed by atoms with Gasteiger partial charge in [0.2, 0.25) is 0 Å². The van der Waals surface area contributed by atoms with Gasteiger partial charge in [-0.25, -0.2) is 4.39 Å². The summed E-state index contributed by atoms with van der Waals surface area (Å²) in [5.41, 5.74) is 6.70. The van der Waals surface area contributed by atoms with Gasteiger partial charge in [0.25, 0.3) is 0 Å². The molecule has 2 aromatic rings. The minimum absolute atomic E-state index is 0.0228. The molecule has 0 aliphatic heterocycles. The summed E-state index contributed by atoms with van der Waals surface area (Å²) in [6.07, 6.45) is 0. The first-order valence-electron chi connectivity index (χ1n) is 4.88. The number of halogens is 2. The van der Waals surface area contributed by atoms with E-state index in [0.29, 0.717) is 0 Å². The molecule has 16 heavy (non-hydrogen) atoms. The van der Waals surface area contributed by atoms with E-state index >= 15 is 0 Å². The highest BCUT2D eigenvalue weighted by Gasteiger charge is 2.07. The molecule has 0 aliphatic rings. The summed E-state index contributed by atoms with van der Waals surface area (Å²) in [7, 11) is 0. The van der Waals surface area contributed by atoms with Crippen LogP contribution in [-0.2, 0) is 0 Å². The van der Waals surface area contributed by atoms with Crippen molar-refractivity contribution in [1.29, 1.82) is 0 Å². The van der Waals surface area contributed by atoms with Crippen LogP contribution in [0.15, 0.2) is 30.3 Å². The van der Waals surface area contributed by atoms with Crippen molar-refractivity contribution in [3.8, 4) is 10.4 Å². The lowest BCUT2D eigenvalue weighted by Gasteiger charge is -2.00. The predicted molar refractivity (Wildman–Crippen MR) is 67.3 cm³/mol. The first kappa shape index (κ1) is 11.6. The predicted octanol–water partition coefficient (Wildman–Crippen LogP) is 4.23. The van der Waals surface area contributed by atoms with Crippen LogP contribution in [0.3, 0.4) is 0 Å². The minimum atomic E-state index is -0.394. The molecule has 0 fully saturated rings. The third kappa shape index (κ3) is 2.26. The van der Waals surface area contributed by atoms with Crippen LogP contribution in [-0.4, -0.2) is 0 Å². The van der Waals surface area contributed by atoms with Gasteiger partial charge in [-0.1, -0.05) is 17.7 Å². The average Bonchev–Trinajstić information content (AvgIpc) is 2.71. The summed E-state index contributed by atoms with van der Waals surface area (Å²) >= 11 is 7.34. The zero-order chi connectivity index (χ0) is 11.7. The van der Waals surface area contributed by atoms with Crippen molar-refractivity contribution in [3.63, 3.8) is 0 Å². The number of hydrogen-bond acceptors (Lipinski definition) is 2. The third-order valence-electron chi connectivity index (χ3n) is 2.28. The van der Waals surface area contributed by atoms with E-state index in [2.05, 4.69) is 0 Å². The highest BCUT2D eigenvalue weighted by Crippen LogP contribution is 2.32. The summed E-state index contributed by atoms with van der Waals surface area (Å²) in [6, 6.07) is 8.72. The van der Waals surface area contributed by atoms with Gasteiger partial charge in [-0.05, 0) is 36.8 Å². The Morgan fingerprint density at radius 3 is 2.62 bits per heavy atom. The lowest BCUT2D eigenvalue weighted by atomic mass is 10.2. The van der Waals surface area contributed by atoms with Crippen molar-refractivity contribution in [3.05, 3.63) is 46.0 Å². The van der Waals surface area contributed by atoms with Crippen LogP contribution in [0.2, 0.25) is 5.02 Å². The van der Waals surface area contributed by atoms with E-state index in [1.807, 2.05) is 19.1 Å². The zero-order valence-electron chi connectivity index (χ0n) is 8.71. The molecule has 1 heterocycles. The summed E-state index contributed by atoms with van der Waals surface area (Å²) in [4.78, 5) is 2.16. The second-order valence-corrected chi connectivity index (χ2v) is 5.14. The summed E-state index contributed by atoms with van der Waals surface area (Å²) < 4.78 is 13.0. The summed E-state index contributed by atoms with van der Waals surface area (Å²) in [5, 5.41) is 0.147. The second-order valence-electron chi connectivity index (χ2n) is 3.62. The lowest BCUT2D eigenvalue weighted by Crippen LogP contribution is -2.01. The number of nitrogens with two attached hydrogens (primary N) is 1. The molecule has 4 heteroatoms. The number of hydrogen-bond donors (Lipinski definition) is 1. The molecule has 0 saturated carbocycles. The third-order valence-corrected chi connectivity index (χ3v) is 3.90. The van der Waals surface area contributed by atoms with Crippen LogP contribution < -0.4 is 5.73 Å². The van der Waals surface area contributed by atoms with E-state index in [4.69, 9.17) is 17.3 Å². The quantitative estimate of drug-likeness (QED) is 0.854. The summed E-state index contributed by atoms with van der Waals surface area (Å²) in [5.74, 6) is -0.394. The molecule has 0 saturated heterocycles. The van der Waals surface area contributed by atoms with E-state index < -0.39 is 5.82 Å². The normalized spacial score (nSPS) is 12.8. The van der Waals surface area contributed by atoms with Gasteiger partial charge in [-0.2, -0.15) is 0 Å². The van der Waals surface area contributed by atoms with Gasteiger partial charge in [-0.3, -0.25) is 0 Å². The fraction of sp³-hybridized carbons (Fsp3) is 0.167. The van der Waals surface area contributed by atoms with Crippen molar-refractivity contribution in [2.75, 3.05) is 0 Å². The molecule has 0 bridgehead atoms. The molecular weight excluding hydrogens is 245 g/mol. The second kappa shape index (κ2) is 4.53. The topological polar surface area (TPSA) is 26.0 Å². The highest BCUT2D eigenvalue weighted by molar-refractivity contribution is 7.15. The maximum Gasteiger partial charge on any atom is 0.141 e. The van der Waals surface area contributed by atoms with Gasteiger partial charge >= 0.3 is 0 Å². The van der Waals surface area contributed by atoms with E-state index in [-0.39, 0.29) is 11.1 Å². The van der Waals surface area contributed by atoms with Crippen LogP contribution in [0.4, 0.5) is 4.39 Å². The molecule has 2 N–H and O–H groups in total. The highest BCUT2D eigenvalue weighted by atomic mass is 35.5. The van der Waals surface area contributed by atoms with Gasteiger partial charge in [0, 0.05) is 15.8 Å². The van der Waals surface area contributed by atoms with Crippen LogP contribution in [0.5, 0.6) is 0 Å². The minimum Gasteiger partial charge on any atom is -0.324 e. The van der Waals surface area contributed by atoms with Crippen LogP contribution in [0, 0.1) is 5.82 Å². The van der Waals surface area contributed by atoms with Crippen molar-refractivity contribution < 1.29 is 4.39 Å². The molecule has 1 nitrogen and oxygen atoms in total. The van der Waals surface area contributed by atoms with Crippen molar-refractivity contribution in [2.45, 2.75) is 13.0 Å². The SMILES string of the molecule is CC(N)c1ccc(-c2ccc(F)c(Cl)c2)s1. The largest absolute Gasteiger partial charge is 0.324 e. The fourth-order valence-corrected chi connectivity index (χ4v) is 2.54. The van der Waals surface area contributed by atoms with Gasteiger partial charge in [0.05, 0.1) is 5.02 Å². The van der Waals surface area contributed by atoms with Crippen LogP contribution >= 0.6 is 22.9 Å². The van der Waals surface area contributed by atoms with Gasteiger partial charge in [0.1, 0.15) is 5.82 Å². The van der Waals surface area contributed by atoms with Gasteiger partial charge in [0.15, 0.2) is 0 Å². The Morgan fingerprint density at radius 1 is 1.31 bits per heavy atom. The smallest absolute Gasteiger partial charge is 0.141 e. The Balaban J connectivity index is 2.39. The Morgan fingerprint density at radius 2 is 2.06 bits per heavy atom. The number of benzene rings is 1. The number of rotatable bonds is 2. The monoisotopic (exact) mass is 255 g/mol. The van der Waals surface area contributed by atoms with E-state index in [1.54, 1.807) is 23.5 Å². The maximum absolute atomic E-state index is 13.0. The van der Waals surface area contributed by atoms with Crippen LogP contribution in [0.25, 0.3) is 10.4 Å². The standard InChI is InChI=1S/C12H11ClFNS/c1-7(15)11-4-5-12(16-11)8-2-3-10(14)9(13)6-8/h2-7H,15H2,1H3. The Labute approximate surface area is 103 Å². The van der Waals surface area contributed by atoms with E-state index in [1.165, 1.54) is 6.07 Å². The van der Waals surface area contributed by atoms with Crippen molar-refractivity contribution in [2.24, 2.45) is 5.73 Å². The molecule has 0 radical (unpaired) electrons. The first-order chi connectivity index (χ1) is 7.58. The Kier molecular flexibility index (Phi) is 3.28. The molecule has 84 valence electrons. The Hall–Kier alpha value is -0.900. The van der Waals surface area contributed by atoms with Crippen LogP contribution in [0.1, 0.15) is 17.8 Å². The molecule has 1 aromatic heterocycles. The Bertz CT molecular complexity index is 507. The van der Waals surface area contributed by atoms with Gasteiger partial charge in [-0.15, -0.1) is 11.3 Å². The number of thiophene rings is 1. The van der Waals surface area contributed by atoms with Crippen molar-refractivity contribution >= 4 is 22.9 Å². The van der Waals surface area contributed by atoms with E-state index in [9.17, 15) is 4.39 Å². The van der Waals surface area contributed by atoms with Crippen molar-refractivity contribution in [1.82, 2.24) is 0 Å². The molecule has 0 spiro atoms. The average molecular weight is 256 g/mol. The molecule has 0 aliphatic carbocycles. The fourth-order valence-electron chi connectivity index (χ4n) is 1.40. The molecule has 1 aromatic carbocycles.